The first-order valence-corrected chi connectivity index (χ1v) is 5.21. The number of rotatable bonds is 4. The van der Waals surface area contributed by atoms with Crippen molar-refractivity contribution in [2.75, 3.05) is 11.5 Å². The molecular weight excluding hydrogens is 178 g/mol. The largest absolute Gasteiger partial charge is 0.265 e. The molecule has 1 aromatic rings. The summed E-state index contributed by atoms with van der Waals surface area (Å²) < 4.78 is 0. The summed E-state index contributed by atoms with van der Waals surface area (Å²) in [6.45, 7) is 7.15. The van der Waals surface area contributed by atoms with E-state index in [-0.39, 0.29) is 0 Å². The summed E-state index contributed by atoms with van der Waals surface area (Å²) in [5, 5.41) is 0. The van der Waals surface area contributed by atoms with Gasteiger partial charge in [-0.25, -0.2) is 0 Å². The maximum Gasteiger partial charge on any atom is 0.0267 e. The fourth-order valence-electron chi connectivity index (χ4n) is 0.547. The lowest BCUT2D eigenvalue weighted by Crippen LogP contribution is -1.69. The monoisotopic (exact) mass is 193 g/mol. The number of nitrogens with zero attached hydrogens (tertiary/aromatic N) is 1. The minimum absolute atomic E-state index is 1.03. The Morgan fingerprint density at radius 3 is 1.77 bits per heavy atom. The van der Waals surface area contributed by atoms with Crippen molar-refractivity contribution in [1.82, 2.24) is 4.98 Å². The highest BCUT2D eigenvalue weighted by Gasteiger charge is 1.73. The molecule has 0 atom stereocenters. The van der Waals surface area contributed by atoms with Crippen LogP contribution in [0.1, 0.15) is 0 Å². The summed E-state index contributed by atoms with van der Waals surface area (Å²) in [7, 11) is 0. The van der Waals surface area contributed by atoms with Crippen LogP contribution in [0.4, 0.5) is 0 Å². The third-order valence-electron chi connectivity index (χ3n) is 1.04. The molecule has 0 radical (unpaired) electrons. The molecule has 13 heavy (non-hydrogen) atoms. The Kier molecular flexibility index (Phi) is 10.1. The van der Waals surface area contributed by atoms with E-state index in [9.17, 15) is 0 Å². The van der Waals surface area contributed by atoms with Gasteiger partial charge >= 0.3 is 0 Å². The molecule has 0 aromatic carbocycles. The molecule has 2 heteroatoms. The molecule has 0 aliphatic carbocycles. The van der Waals surface area contributed by atoms with Gasteiger partial charge in [-0.05, 0) is 12.1 Å². The highest BCUT2D eigenvalue weighted by Crippen LogP contribution is 1.97. The topological polar surface area (TPSA) is 12.9 Å². The van der Waals surface area contributed by atoms with Crippen molar-refractivity contribution in [2.45, 2.75) is 0 Å². The molecule has 1 rings (SSSR count). The lowest BCUT2D eigenvalue weighted by atomic mass is 10.5. The highest BCUT2D eigenvalue weighted by molar-refractivity contribution is 7.99. The lowest BCUT2D eigenvalue weighted by Gasteiger charge is -1.85. The maximum atomic E-state index is 3.78. The summed E-state index contributed by atoms with van der Waals surface area (Å²) in [5.41, 5.74) is 0. The predicted octanol–water partition coefficient (Wildman–Crippen LogP) is 3.17. The first kappa shape index (κ1) is 12.0. The van der Waals surface area contributed by atoms with E-state index in [2.05, 4.69) is 18.1 Å². The average Bonchev–Trinajstić information content (AvgIpc) is 2.22. The zero-order chi connectivity index (χ0) is 9.78. The molecule has 0 spiro atoms. The van der Waals surface area contributed by atoms with Crippen LogP contribution in [0.25, 0.3) is 0 Å². The normalized spacial score (nSPS) is 8.00. The van der Waals surface area contributed by atoms with Gasteiger partial charge in [-0.15, -0.1) is 13.2 Å². The van der Waals surface area contributed by atoms with Crippen molar-refractivity contribution in [1.29, 1.82) is 0 Å². The predicted molar refractivity (Wildman–Crippen MR) is 62.0 cm³/mol. The highest BCUT2D eigenvalue weighted by atomic mass is 32.2. The van der Waals surface area contributed by atoms with Gasteiger partial charge in [-0.3, -0.25) is 4.98 Å². The van der Waals surface area contributed by atoms with Gasteiger partial charge in [0.1, 0.15) is 0 Å². The molecule has 0 aliphatic rings. The zero-order valence-electron chi connectivity index (χ0n) is 7.73. The Balaban J connectivity index is 0.000000223. The van der Waals surface area contributed by atoms with Gasteiger partial charge < -0.3 is 0 Å². The first-order valence-electron chi connectivity index (χ1n) is 4.06. The van der Waals surface area contributed by atoms with E-state index in [0.717, 1.165) is 11.5 Å². The van der Waals surface area contributed by atoms with Crippen LogP contribution in [0.5, 0.6) is 0 Å². The van der Waals surface area contributed by atoms with Crippen molar-refractivity contribution in [3.8, 4) is 0 Å². The van der Waals surface area contributed by atoms with Crippen LogP contribution < -0.4 is 0 Å². The molecule has 0 amide bonds. The van der Waals surface area contributed by atoms with E-state index in [4.69, 9.17) is 0 Å². The molecule has 1 nitrogen and oxygen atoms in total. The third-order valence-corrected chi connectivity index (χ3v) is 1.98. The van der Waals surface area contributed by atoms with Crippen LogP contribution in [0, 0.1) is 0 Å². The van der Waals surface area contributed by atoms with E-state index >= 15 is 0 Å². The van der Waals surface area contributed by atoms with Crippen LogP contribution >= 0.6 is 11.8 Å². The van der Waals surface area contributed by atoms with Crippen molar-refractivity contribution in [3.05, 3.63) is 55.9 Å². The van der Waals surface area contributed by atoms with E-state index < -0.39 is 0 Å². The second-order valence-corrected chi connectivity index (χ2v) is 3.21. The maximum absolute atomic E-state index is 3.78. The molecule has 0 N–H and O–H groups in total. The van der Waals surface area contributed by atoms with Gasteiger partial charge in [0.2, 0.25) is 0 Å². The second-order valence-electron chi connectivity index (χ2n) is 2.14. The van der Waals surface area contributed by atoms with Crippen LogP contribution in [-0.2, 0) is 0 Å². The van der Waals surface area contributed by atoms with E-state index in [1.807, 2.05) is 42.1 Å². The van der Waals surface area contributed by atoms with Gasteiger partial charge in [0.25, 0.3) is 0 Å². The van der Waals surface area contributed by atoms with Gasteiger partial charge in [-0.2, -0.15) is 11.8 Å². The van der Waals surface area contributed by atoms with Gasteiger partial charge in [-0.1, -0.05) is 18.2 Å². The molecule has 0 unspecified atom stereocenters. The lowest BCUT2D eigenvalue weighted by molar-refractivity contribution is 1.33. The van der Waals surface area contributed by atoms with E-state index in [1.54, 1.807) is 12.4 Å². The minimum Gasteiger partial charge on any atom is -0.265 e. The molecule has 0 fully saturated rings. The van der Waals surface area contributed by atoms with Crippen LogP contribution in [0.3, 0.4) is 0 Å². The zero-order valence-corrected chi connectivity index (χ0v) is 8.54. The molecular formula is C11H15NS. The molecule has 0 aliphatic heterocycles. The molecule has 0 saturated carbocycles. The molecule has 0 saturated heterocycles. The van der Waals surface area contributed by atoms with Crippen LogP contribution in [0.15, 0.2) is 55.9 Å². The van der Waals surface area contributed by atoms with Crippen molar-refractivity contribution in [2.24, 2.45) is 0 Å². The molecule has 0 bridgehead atoms. The van der Waals surface area contributed by atoms with Crippen molar-refractivity contribution >= 4 is 11.8 Å². The second kappa shape index (κ2) is 11.0. The Bertz CT molecular complexity index is 174. The van der Waals surface area contributed by atoms with E-state index in [1.165, 1.54) is 0 Å². The van der Waals surface area contributed by atoms with Crippen molar-refractivity contribution in [3.63, 3.8) is 0 Å². The first-order chi connectivity index (χ1) is 6.41. The van der Waals surface area contributed by atoms with Crippen molar-refractivity contribution < 1.29 is 0 Å². The third kappa shape index (κ3) is 11.0. The summed E-state index contributed by atoms with van der Waals surface area (Å²) in [6.07, 6.45) is 7.29. The Labute approximate surface area is 84.6 Å². The SMILES string of the molecule is C=CCSCC=C.c1ccncc1. The number of pyridine rings is 1. The fraction of sp³-hybridized carbons (Fsp3) is 0.182. The smallest absolute Gasteiger partial charge is 0.0267 e. The minimum atomic E-state index is 1.03. The van der Waals surface area contributed by atoms with Crippen LogP contribution in [0.2, 0.25) is 0 Å². The number of aromatic nitrogens is 1. The summed E-state index contributed by atoms with van der Waals surface area (Å²) in [6, 6.07) is 5.72. The Morgan fingerprint density at radius 2 is 1.54 bits per heavy atom. The Hall–Kier alpha value is -1.02. The van der Waals surface area contributed by atoms with Gasteiger partial charge in [0.05, 0.1) is 0 Å². The molecule has 70 valence electrons. The number of thioether (sulfide) groups is 1. The molecule has 1 heterocycles. The standard InChI is InChI=1S/C6H10S.C5H5N/c1-3-5-7-6-4-2;1-2-4-6-5-3-1/h3-4H,1-2,5-6H2;1-5H. The van der Waals surface area contributed by atoms with Gasteiger partial charge in [0, 0.05) is 23.9 Å². The summed E-state index contributed by atoms with van der Waals surface area (Å²) in [4.78, 5) is 3.78. The summed E-state index contributed by atoms with van der Waals surface area (Å²) in [5.74, 6) is 2.07. The fourth-order valence-corrected chi connectivity index (χ4v) is 1.02. The summed E-state index contributed by atoms with van der Waals surface area (Å²) >= 11 is 1.82. The average molecular weight is 193 g/mol. The molecule has 1 aromatic heterocycles. The number of hydrogen-bond acceptors (Lipinski definition) is 2. The van der Waals surface area contributed by atoms with Gasteiger partial charge in [0.15, 0.2) is 0 Å². The number of hydrogen-bond donors (Lipinski definition) is 0. The van der Waals surface area contributed by atoms with E-state index in [0.29, 0.717) is 0 Å². The Morgan fingerprint density at radius 1 is 1.00 bits per heavy atom. The quantitative estimate of drug-likeness (QED) is 0.538. The van der Waals surface area contributed by atoms with Crippen LogP contribution in [-0.4, -0.2) is 16.5 Å².